The Hall–Kier alpha value is -0.420. The van der Waals surface area contributed by atoms with Crippen molar-refractivity contribution in [3.05, 3.63) is 0 Å². The number of carbonyl (C=O) groups excluding carboxylic acids is 1. The van der Waals surface area contributed by atoms with Crippen LogP contribution < -0.4 is 10.6 Å². The molecule has 0 aromatic rings. The van der Waals surface area contributed by atoms with Crippen LogP contribution in [0.25, 0.3) is 0 Å². The molecule has 1 rings (SSSR count). The van der Waals surface area contributed by atoms with Gasteiger partial charge in [0.2, 0.25) is 0 Å². The van der Waals surface area contributed by atoms with Crippen molar-refractivity contribution >= 4 is 17.8 Å². The molecule has 0 aliphatic carbocycles. The van der Waals surface area contributed by atoms with Crippen LogP contribution in [0.3, 0.4) is 0 Å². The van der Waals surface area contributed by atoms with Gasteiger partial charge in [-0.1, -0.05) is 0 Å². The molecule has 1 saturated heterocycles. The second-order valence-electron chi connectivity index (χ2n) is 4.26. The molecule has 0 aromatic heterocycles. The van der Waals surface area contributed by atoms with E-state index in [1.165, 1.54) is 18.6 Å². The summed E-state index contributed by atoms with van der Waals surface area (Å²) in [6, 6.07) is 0.0429. The molecule has 0 radical (unpaired) electrons. The Morgan fingerprint density at radius 2 is 2.44 bits per heavy atom. The van der Waals surface area contributed by atoms with Crippen molar-refractivity contribution in [2.75, 3.05) is 18.9 Å². The van der Waals surface area contributed by atoms with Gasteiger partial charge in [0.1, 0.15) is 0 Å². The summed E-state index contributed by atoms with van der Waals surface area (Å²) in [5.74, 6) is 1.22. The van der Waals surface area contributed by atoms with Gasteiger partial charge in [-0.15, -0.1) is 0 Å². The second kappa shape index (κ2) is 7.79. The largest absolute Gasteiger partial charge is 0.396 e. The lowest BCUT2D eigenvalue weighted by Crippen LogP contribution is -2.42. The van der Waals surface area contributed by atoms with Gasteiger partial charge in [0.05, 0.1) is 0 Å². The van der Waals surface area contributed by atoms with E-state index in [-0.39, 0.29) is 18.7 Å². The van der Waals surface area contributed by atoms with Crippen molar-refractivity contribution in [3.63, 3.8) is 0 Å². The predicted octanol–water partition coefficient (Wildman–Crippen LogP) is 1.34. The molecule has 5 heteroatoms. The number of thioether (sulfide) groups is 1. The van der Waals surface area contributed by atoms with Crippen LogP contribution in [0.5, 0.6) is 0 Å². The molecule has 0 bridgehead atoms. The Kier molecular flexibility index (Phi) is 6.64. The average molecular weight is 246 g/mol. The molecule has 2 atom stereocenters. The number of carbonyl (C=O) groups is 1. The summed E-state index contributed by atoms with van der Waals surface area (Å²) in [4.78, 5) is 11.5. The second-order valence-corrected chi connectivity index (χ2v) is 5.66. The molecule has 2 unspecified atom stereocenters. The first-order chi connectivity index (χ1) is 7.72. The number of rotatable bonds is 6. The fourth-order valence-electron chi connectivity index (χ4n) is 1.76. The summed E-state index contributed by atoms with van der Waals surface area (Å²) < 4.78 is 0. The smallest absolute Gasteiger partial charge is 0.315 e. The summed E-state index contributed by atoms with van der Waals surface area (Å²) in [6.45, 7) is 2.91. The molecular formula is C11H22N2O2S. The number of nitrogens with one attached hydrogen (secondary N) is 2. The van der Waals surface area contributed by atoms with Crippen molar-refractivity contribution in [1.29, 1.82) is 0 Å². The van der Waals surface area contributed by atoms with E-state index in [0.717, 1.165) is 19.4 Å². The number of aliphatic hydroxyl groups is 1. The van der Waals surface area contributed by atoms with Crippen molar-refractivity contribution in [1.82, 2.24) is 10.6 Å². The lowest BCUT2D eigenvalue weighted by molar-refractivity contribution is 0.234. The van der Waals surface area contributed by atoms with E-state index in [2.05, 4.69) is 10.6 Å². The molecule has 94 valence electrons. The molecule has 2 amide bonds. The van der Waals surface area contributed by atoms with E-state index >= 15 is 0 Å². The molecule has 1 aliphatic heterocycles. The van der Waals surface area contributed by atoms with E-state index in [4.69, 9.17) is 5.11 Å². The van der Waals surface area contributed by atoms with Crippen molar-refractivity contribution in [2.45, 2.75) is 43.9 Å². The lowest BCUT2D eigenvalue weighted by atomic mass is 10.2. The molecule has 4 nitrogen and oxygen atoms in total. The average Bonchev–Trinajstić information content (AvgIpc) is 2.76. The number of hydrogen-bond donors (Lipinski definition) is 3. The van der Waals surface area contributed by atoms with E-state index in [9.17, 15) is 4.79 Å². The molecule has 1 aliphatic rings. The van der Waals surface area contributed by atoms with Crippen LogP contribution in [0.4, 0.5) is 4.79 Å². The zero-order valence-electron chi connectivity index (χ0n) is 9.87. The SMILES string of the molecule is CC(CCCO)NC(=O)NCC1CCCS1. The van der Waals surface area contributed by atoms with E-state index < -0.39 is 0 Å². The highest BCUT2D eigenvalue weighted by molar-refractivity contribution is 8.00. The Balaban J connectivity index is 2.05. The predicted molar refractivity (Wildman–Crippen MR) is 67.8 cm³/mol. The summed E-state index contributed by atoms with van der Waals surface area (Å²) in [5.41, 5.74) is 0. The van der Waals surface area contributed by atoms with Crippen LogP contribution in [-0.4, -0.2) is 41.3 Å². The minimum Gasteiger partial charge on any atom is -0.396 e. The standard InChI is InChI=1S/C11H22N2O2S/c1-9(4-2-6-14)13-11(15)12-8-10-5-3-7-16-10/h9-10,14H,2-8H2,1H3,(H2,12,13,15). The van der Waals surface area contributed by atoms with Gasteiger partial charge in [0.25, 0.3) is 0 Å². The quantitative estimate of drug-likeness (QED) is 0.663. The summed E-state index contributed by atoms with van der Waals surface area (Å²) in [6.07, 6.45) is 4.04. The first kappa shape index (κ1) is 13.6. The highest BCUT2D eigenvalue weighted by Gasteiger charge is 2.16. The summed E-state index contributed by atoms with van der Waals surface area (Å²) >= 11 is 1.94. The zero-order valence-corrected chi connectivity index (χ0v) is 10.7. The third kappa shape index (κ3) is 5.61. The van der Waals surface area contributed by atoms with Crippen LogP contribution in [0.2, 0.25) is 0 Å². The molecule has 0 spiro atoms. The molecule has 1 fully saturated rings. The van der Waals surface area contributed by atoms with Gasteiger partial charge >= 0.3 is 6.03 Å². The van der Waals surface area contributed by atoms with Gasteiger partial charge in [-0.3, -0.25) is 0 Å². The first-order valence-electron chi connectivity index (χ1n) is 5.99. The van der Waals surface area contributed by atoms with Gasteiger partial charge in [-0.05, 0) is 38.4 Å². The Bertz CT molecular complexity index is 208. The Morgan fingerprint density at radius 3 is 3.06 bits per heavy atom. The minimum atomic E-state index is -0.0852. The molecule has 16 heavy (non-hydrogen) atoms. The fraction of sp³-hybridized carbons (Fsp3) is 0.909. The number of hydrogen-bond acceptors (Lipinski definition) is 3. The number of amides is 2. The van der Waals surface area contributed by atoms with Gasteiger partial charge < -0.3 is 15.7 Å². The molecular weight excluding hydrogens is 224 g/mol. The molecule has 1 heterocycles. The van der Waals surface area contributed by atoms with Crippen LogP contribution in [-0.2, 0) is 0 Å². The van der Waals surface area contributed by atoms with Gasteiger partial charge in [0, 0.05) is 24.4 Å². The van der Waals surface area contributed by atoms with E-state index in [1.54, 1.807) is 0 Å². The third-order valence-electron chi connectivity index (χ3n) is 2.69. The highest BCUT2D eigenvalue weighted by atomic mass is 32.2. The highest BCUT2D eigenvalue weighted by Crippen LogP contribution is 2.25. The van der Waals surface area contributed by atoms with Crippen molar-refractivity contribution in [3.8, 4) is 0 Å². The monoisotopic (exact) mass is 246 g/mol. The lowest BCUT2D eigenvalue weighted by Gasteiger charge is -2.15. The number of aliphatic hydroxyl groups excluding tert-OH is 1. The minimum absolute atomic E-state index is 0.0852. The van der Waals surface area contributed by atoms with Gasteiger partial charge in [-0.25, -0.2) is 4.79 Å². The van der Waals surface area contributed by atoms with E-state index in [0.29, 0.717) is 5.25 Å². The van der Waals surface area contributed by atoms with Gasteiger partial charge in [0.15, 0.2) is 0 Å². The van der Waals surface area contributed by atoms with Crippen molar-refractivity contribution in [2.24, 2.45) is 0 Å². The van der Waals surface area contributed by atoms with E-state index in [1.807, 2.05) is 18.7 Å². The third-order valence-corrected chi connectivity index (χ3v) is 4.09. The number of urea groups is 1. The molecule has 0 saturated carbocycles. The van der Waals surface area contributed by atoms with Gasteiger partial charge in [-0.2, -0.15) is 11.8 Å². The van der Waals surface area contributed by atoms with Crippen LogP contribution in [0, 0.1) is 0 Å². The molecule has 0 aromatic carbocycles. The zero-order chi connectivity index (χ0) is 11.8. The van der Waals surface area contributed by atoms with Crippen LogP contribution >= 0.6 is 11.8 Å². The first-order valence-corrected chi connectivity index (χ1v) is 7.04. The van der Waals surface area contributed by atoms with Crippen LogP contribution in [0.1, 0.15) is 32.6 Å². The maximum absolute atomic E-state index is 11.5. The Labute approximate surface area is 102 Å². The van der Waals surface area contributed by atoms with Crippen LogP contribution in [0.15, 0.2) is 0 Å². The maximum Gasteiger partial charge on any atom is 0.315 e. The van der Waals surface area contributed by atoms with Crippen molar-refractivity contribution < 1.29 is 9.90 Å². The summed E-state index contributed by atoms with van der Waals surface area (Å²) in [5, 5.41) is 15.0. The topological polar surface area (TPSA) is 61.4 Å². The normalized spacial score (nSPS) is 21.8. The maximum atomic E-state index is 11.5. The fourth-order valence-corrected chi connectivity index (χ4v) is 2.96. The Morgan fingerprint density at radius 1 is 1.62 bits per heavy atom. The molecule has 3 N–H and O–H groups in total. The summed E-state index contributed by atoms with van der Waals surface area (Å²) in [7, 11) is 0.